The largest absolute Gasteiger partial charge is 0.497 e. The first-order valence-corrected chi connectivity index (χ1v) is 10.8. The molecule has 1 fully saturated rings. The molecule has 2 aromatic heterocycles. The van der Waals surface area contributed by atoms with E-state index in [-0.39, 0.29) is 0 Å². The van der Waals surface area contributed by atoms with Crippen molar-refractivity contribution in [2.75, 3.05) is 32.7 Å². The highest BCUT2D eigenvalue weighted by molar-refractivity contribution is 5.83. The monoisotopic (exact) mass is 471 g/mol. The Morgan fingerprint density at radius 3 is 2.68 bits per heavy atom. The molecule has 4 unspecified atom stereocenters. The molecule has 1 saturated heterocycles. The number of carbonyl (C=O) groups is 1. The minimum atomic E-state index is -1.18. The van der Waals surface area contributed by atoms with Crippen LogP contribution in [-0.2, 0) is 16.0 Å². The van der Waals surface area contributed by atoms with E-state index < -0.39 is 43.0 Å². The molecule has 182 valence electrons. The number of benzene rings is 1. The second kappa shape index (κ2) is 9.89. The maximum Gasteiger partial charge on any atom is 0.237 e. The van der Waals surface area contributed by atoms with Crippen LogP contribution in [0.3, 0.4) is 0 Å². The van der Waals surface area contributed by atoms with Crippen molar-refractivity contribution in [3.05, 3.63) is 42.5 Å². The summed E-state index contributed by atoms with van der Waals surface area (Å²) in [5, 5.41) is 23.6. The molecular formula is C22H29N7O5. The van der Waals surface area contributed by atoms with Crippen molar-refractivity contribution in [1.82, 2.24) is 24.8 Å². The molecule has 1 amide bonds. The first-order valence-electron chi connectivity index (χ1n) is 10.8. The maximum atomic E-state index is 12.8. The fraction of sp³-hybridized carbons (Fsp3) is 0.455. The van der Waals surface area contributed by atoms with Crippen LogP contribution in [0.25, 0.3) is 11.2 Å². The number of imidazole rings is 1. The number of aliphatic hydroxyl groups excluding tert-OH is 2. The van der Waals surface area contributed by atoms with E-state index in [0.717, 1.165) is 5.56 Å². The number of ether oxygens (including phenoxy) is 2. The van der Waals surface area contributed by atoms with Crippen molar-refractivity contribution in [3.8, 4) is 5.75 Å². The summed E-state index contributed by atoms with van der Waals surface area (Å²) in [4.78, 5) is 27.5. The van der Waals surface area contributed by atoms with Crippen molar-refractivity contribution in [2.24, 2.45) is 5.73 Å². The van der Waals surface area contributed by atoms with E-state index in [4.69, 9.17) is 15.2 Å². The van der Waals surface area contributed by atoms with Gasteiger partial charge in [-0.25, -0.2) is 15.0 Å². The van der Waals surface area contributed by atoms with Crippen molar-refractivity contribution < 1.29 is 24.5 Å². The summed E-state index contributed by atoms with van der Waals surface area (Å²) < 4.78 is 12.6. The topological polar surface area (TPSA) is 161 Å². The number of amides is 1. The molecule has 5 N–H and O–H groups in total. The molecule has 0 bridgehead atoms. The van der Waals surface area contributed by atoms with Crippen LogP contribution in [-0.4, -0.2) is 87.7 Å². The Labute approximate surface area is 196 Å². The van der Waals surface area contributed by atoms with Gasteiger partial charge in [-0.3, -0.25) is 9.36 Å². The number of nitrogens with one attached hydrogen (secondary N) is 1. The van der Waals surface area contributed by atoms with Crippen LogP contribution in [0.2, 0.25) is 0 Å². The number of aromatic nitrogens is 4. The lowest BCUT2D eigenvalue weighted by atomic mass is 10.0. The van der Waals surface area contributed by atoms with Gasteiger partial charge >= 0.3 is 0 Å². The Balaban J connectivity index is 1.49. The number of aliphatic hydroxyl groups is 2. The molecule has 0 aliphatic carbocycles. The second-order valence-electron chi connectivity index (χ2n) is 8.35. The van der Waals surface area contributed by atoms with Crippen LogP contribution in [0.15, 0.2) is 36.9 Å². The van der Waals surface area contributed by atoms with Crippen molar-refractivity contribution in [3.63, 3.8) is 0 Å². The summed E-state index contributed by atoms with van der Waals surface area (Å²) in [6.45, 7) is -0.406. The molecule has 3 aromatic rings. The molecule has 4 rings (SSSR count). The third kappa shape index (κ3) is 4.53. The normalized spacial score (nSPS) is 23.1. The molecule has 0 spiro atoms. The van der Waals surface area contributed by atoms with Crippen LogP contribution in [0.5, 0.6) is 5.75 Å². The Hall–Kier alpha value is -3.32. The molecule has 0 saturated carbocycles. The van der Waals surface area contributed by atoms with Gasteiger partial charge in [-0.2, -0.15) is 0 Å². The first kappa shape index (κ1) is 23.8. The van der Waals surface area contributed by atoms with Crippen LogP contribution in [0, 0.1) is 0 Å². The van der Waals surface area contributed by atoms with Gasteiger partial charge in [0, 0.05) is 14.1 Å². The summed E-state index contributed by atoms with van der Waals surface area (Å²) >= 11 is 0. The molecule has 1 aromatic carbocycles. The van der Waals surface area contributed by atoms with Gasteiger partial charge in [0.05, 0.1) is 32.1 Å². The van der Waals surface area contributed by atoms with Crippen molar-refractivity contribution in [1.29, 1.82) is 0 Å². The third-order valence-electron chi connectivity index (χ3n) is 5.85. The molecule has 3 heterocycles. The lowest BCUT2D eigenvalue weighted by Crippen LogP contribution is -2.53. The van der Waals surface area contributed by atoms with E-state index in [1.165, 1.54) is 12.7 Å². The summed E-state index contributed by atoms with van der Waals surface area (Å²) in [6, 6.07) is 5.52. The number of nitrogens with two attached hydrogens (primary N) is 1. The predicted octanol–water partition coefficient (Wildman–Crippen LogP) is -0.794. The smallest absolute Gasteiger partial charge is 0.237 e. The highest BCUT2D eigenvalue weighted by Gasteiger charge is 2.46. The number of hydrogen-bond acceptors (Lipinski definition) is 10. The number of anilines is 1. The maximum absolute atomic E-state index is 12.8. The molecule has 12 heteroatoms. The quantitative estimate of drug-likeness (QED) is 0.328. The third-order valence-corrected chi connectivity index (χ3v) is 5.85. The number of methoxy groups -OCH3 is 1. The fourth-order valence-corrected chi connectivity index (χ4v) is 4.04. The summed E-state index contributed by atoms with van der Waals surface area (Å²) in [5.41, 5.74) is 7.98. The zero-order chi connectivity index (χ0) is 24.4. The minimum absolute atomic E-state index is 0.295. The van der Waals surface area contributed by atoms with E-state index in [1.807, 2.05) is 26.2 Å². The Bertz CT molecular complexity index is 1140. The van der Waals surface area contributed by atoms with E-state index in [1.54, 1.807) is 28.7 Å². The SMILES string of the molecule is COc1ccc(CC(N)C(=O)NC2C(O)C(n3cnc4c(N(C)C)ncnc43)O[C@@H]2CO)cc1. The first-order chi connectivity index (χ1) is 16.3. The molecule has 1 aliphatic rings. The summed E-state index contributed by atoms with van der Waals surface area (Å²) in [5.74, 6) is 0.861. The van der Waals surface area contributed by atoms with E-state index in [0.29, 0.717) is 29.2 Å². The van der Waals surface area contributed by atoms with Crippen molar-refractivity contribution >= 4 is 22.9 Å². The zero-order valence-corrected chi connectivity index (χ0v) is 19.2. The van der Waals surface area contributed by atoms with E-state index >= 15 is 0 Å². The van der Waals surface area contributed by atoms with E-state index in [2.05, 4.69) is 20.3 Å². The average molecular weight is 472 g/mol. The Morgan fingerprint density at radius 1 is 1.29 bits per heavy atom. The number of carbonyl (C=O) groups excluding carboxylic acids is 1. The highest BCUT2D eigenvalue weighted by Crippen LogP contribution is 2.32. The molecule has 1 aliphatic heterocycles. The van der Waals surface area contributed by atoms with Crippen LogP contribution in [0.4, 0.5) is 5.82 Å². The van der Waals surface area contributed by atoms with Crippen LogP contribution in [0.1, 0.15) is 11.8 Å². The van der Waals surface area contributed by atoms with Gasteiger partial charge in [0.1, 0.15) is 24.3 Å². The van der Waals surface area contributed by atoms with Gasteiger partial charge in [-0.1, -0.05) is 12.1 Å². The van der Waals surface area contributed by atoms with Crippen molar-refractivity contribution in [2.45, 2.75) is 36.9 Å². The molecule has 12 nitrogen and oxygen atoms in total. The fourth-order valence-electron chi connectivity index (χ4n) is 4.04. The highest BCUT2D eigenvalue weighted by atomic mass is 16.5. The number of hydrogen-bond donors (Lipinski definition) is 4. The molecular weight excluding hydrogens is 442 g/mol. The van der Waals surface area contributed by atoms with Gasteiger partial charge < -0.3 is 35.6 Å². The van der Waals surface area contributed by atoms with Gasteiger partial charge in [0.25, 0.3) is 0 Å². The summed E-state index contributed by atoms with van der Waals surface area (Å²) in [7, 11) is 5.25. The Kier molecular flexibility index (Phi) is 6.93. The van der Waals surface area contributed by atoms with Gasteiger partial charge in [-0.05, 0) is 24.1 Å². The lowest BCUT2D eigenvalue weighted by molar-refractivity contribution is -0.124. The molecule has 34 heavy (non-hydrogen) atoms. The predicted molar refractivity (Wildman–Crippen MR) is 123 cm³/mol. The standard InChI is InChI=1S/C22H29N7O5/c1-28(2)19-17-20(25-10-24-19)29(11-26-17)22-18(31)16(15(9-30)34-22)27-21(32)14(23)8-12-4-6-13(33-3)7-5-12/h4-7,10-11,14-16,18,22,30-31H,8-9,23H2,1-3H3,(H,27,32)/t14?,15-,16?,18?,22?/m1/s1. The summed E-state index contributed by atoms with van der Waals surface area (Å²) in [6.07, 6.45) is 0.250. The average Bonchev–Trinajstić information content (AvgIpc) is 3.40. The number of nitrogens with zero attached hydrogens (tertiary/aromatic N) is 5. The van der Waals surface area contributed by atoms with Gasteiger partial charge in [-0.15, -0.1) is 0 Å². The number of rotatable bonds is 8. The van der Waals surface area contributed by atoms with Gasteiger partial charge in [0.15, 0.2) is 23.2 Å². The molecule has 0 radical (unpaired) electrons. The van der Waals surface area contributed by atoms with E-state index in [9.17, 15) is 15.0 Å². The van der Waals surface area contributed by atoms with Crippen LogP contribution >= 0.6 is 0 Å². The molecule has 5 atom stereocenters. The zero-order valence-electron chi connectivity index (χ0n) is 19.2. The Morgan fingerprint density at radius 2 is 2.03 bits per heavy atom. The number of fused-ring (bicyclic) bond motifs is 1. The lowest BCUT2D eigenvalue weighted by Gasteiger charge is -2.23. The van der Waals surface area contributed by atoms with Crippen LogP contribution < -0.4 is 20.7 Å². The minimum Gasteiger partial charge on any atom is -0.497 e. The van der Waals surface area contributed by atoms with Gasteiger partial charge in [0.2, 0.25) is 5.91 Å². The second-order valence-corrected chi connectivity index (χ2v) is 8.35.